The molecule has 6 nitrogen and oxygen atoms in total. The summed E-state index contributed by atoms with van der Waals surface area (Å²) < 4.78 is 122. The fraction of sp³-hybridized carbons (Fsp3) is 0.414. The van der Waals surface area contributed by atoms with Gasteiger partial charge in [0.2, 0.25) is 0 Å². The molecule has 0 aliphatic carbocycles. The maximum Gasteiger partial charge on any atom is 0.416 e. The van der Waals surface area contributed by atoms with E-state index in [-0.39, 0.29) is 47.2 Å². The zero-order chi connectivity index (χ0) is 32.8. The van der Waals surface area contributed by atoms with Crippen LogP contribution in [-0.4, -0.2) is 26.8 Å². The quantitative estimate of drug-likeness (QED) is 0.267. The maximum atomic E-state index is 13.7. The van der Waals surface area contributed by atoms with Crippen LogP contribution in [0.15, 0.2) is 42.6 Å². The first-order valence-corrected chi connectivity index (χ1v) is 13.4. The van der Waals surface area contributed by atoms with Crippen molar-refractivity contribution in [3.8, 4) is 0 Å². The van der Waals surface area contributed by atoms with Crippen molar-refractivity contribution < 1.29 is 49.4 Å². The van der Waals surface area contributed by atoms with Crippen LogP contribution in [0.5, 0.6) is 0 Å². The highest BCUT2D eigenvalue weighted by Crippen LogP contribution is 2.47. The smallest absolute Gasteiger partial charge is 0.416 e. The van der Waals surface area contributed by atoms with Gasteiger partial charge in [-0.15, -0.1) is 0 Å². The van der Waals surface area contributed by atoms with E-state index >= 15 is 0 Å². The number of alkyl halides is 9. The number of aryl methyl sites for hydroxylation is 1. The van der Waals surface area contributed by atoms with Gasteiger partial charge in [-0.3, -0.25) is 4.90 Å². The van der Waals surface area contributed by atoms with Crippen molar-refractivity contribution in [2.45, 2.75) is 76.1 Å². The molecule has 1 aliphatic rings. The monoisotopic (exact) mass is 634 g/mol. The second kappa shape index (κ2) is 11.6. The van der Waals surface area contributed by atoms with E-state index in [2.05, 4.69) is 9.97 Å². The number of nitrogens with two attached hydrogens (primary N) is 1. The van der Waals surface area contributed by atoms with E-state index in [9.17, 15) is 49.4 Å². The molecule has 238 valence electrons. The Morgan fingerprint density at radius 2 is 1.55 bits per heavy atom. The maximum absolute atomic E-state index is 13.7. The van der Waals surface area contributed by atoms with Gasteiger partial charge >= 0.3 is 24.6 Å². The Morgan fingerprint density at radius 3 is 2.05 bits per heavy atom. The molecule has 3 aromatic rings. The first kappa shape index (κ1) is 33.0. The van der Waals surface area contributed by atoms with Crippen LogP contribution in [0.4, 0.5) is 50.0 Å². The minimum atomic E-state index is -5.07. The molecule has 0 unspecified atom stereocenters. The molecule has 0 radical (unpaired) electrons. The van der Waals surface area contributed by atoms with E-state index < -0.39 is 59.3 Å². The van der Waals surface area contributed by atoms with Crippen LogP contribution in [0.1, 0.15) is 83.9 Å². The number of anilines is 1. The fourth-order valence-electron chi connectivity index (χ4n) is 5.41. The van der Waals surface area contributed by atoms with Crippen molar-refractivity contribution in [3.63, 3.8) is 0 Å². The number of nitrogens with zero attached hydrogens (tertiary/aromatic N) is 3. The number of rotatable bonds is 6. The first-order chi connectivity index (χ1) is 20.3. The lowest BCUT2D eigenvalue weighted by Crippen LogP contribution is -2.61. The topological polar surface area (TPSA) is 92.3 Å². The summed E-state index contributed by atoms with van der Waals surface area (Å²) in [7, 11) is 0. The summed E-state index contributed by atoms with van der Waals surface area (Å²) >= 11 is 0. The molecular weight excluding hydrogens is 607 g/mol. The summed E-state index contributed by atoms with van der Waals surface area (Å²) in [6, 6.07) is 3.67. The molecule has 1 aromatic heterocycles. The van der Waals surface area contributed by atoms with E-state index in [1.54, 1.807) is 13.8 Å². The van der Waals surface area contributed by atoms with E-state index in [1.807, 2.05) is 0 Å². The van der Waals surface area contributed by atoms with Crippen LogP contribution < -0.4 is 10.6 Å². The predicted octanol–water partition coefficient (Wildman–Crippen LogP) is 8.16. The predicted molar refractivity (Wildman–Crippen MR) is 141 cm³/mol. The first-order valence-electron chi connectivity index (χ1n) is 13.4. The van der Waals surface area contributed by atoms with E-state index in [1.165, 1.54) is 6.20 Å². The molecular formula is C29H27F9N4O2. The molecule has 0 bridgehead atoms. The van der Waals surface area contributed by atoms with Crippen LogP contribution in [-0.2, 0) is 31.4 Å². The molecule has 2 heterocycles. The number of halogens is 9. The number of benzene rings is 2. The molecule has 44 heavy (non-hydrogen) atoms. The molecule has 2 aromatic carbocycles. The summed E-state index contributed by atoms with van der Waals surface area (Å²) in [5.41, 5.74) is 0.755. The number of hydrogen-bond acceptors (Lipinski definition) is 4. The Morgan fingerprint density at radius 1 is 0.955 bits per heavy atom. The lowest BCUT2D eigenvalue weighted by molar-refractivity contribution is -0.143. The molecule has 0 saturated heterocycles. The Labute approximate surface area is 245 Å². The van der Waals surface area contributed by atoms with Gasteiger partial charge in [-0.05, 0) is 72.4 Å². The number of fused-ring (bicyclic) bond motifs is 1. The van der Waals surface area contributed by atoms with Gasteiger partial charge in [0.25, 0.3) is 0 Å². The van der Waals surface area contributed by atoms with E-state index in [0.717, 1.165) is 23.1 Å². The summed E-state index contributed by atoms with van der Waals surface area (Å²) in [6.45, 7) is 3.37. The summed E-state index contributed by atoms with van der Waals surface area (Å²) in [6.07, 6.45) is -14.9. The third-order valence-corrected chi connectivity index (χ3v) is 7.60. The number of carboxylic acid groups (broad SMARTS) is 1. The number of aromatic nitrogens is 2. The average molecular weight is 635 g/mol. The van der Waals surface area contributed by atoms with Crippen molar-refractivity contribution in [3.05, 3.63) is 87.5 Å². The summed E-state index contributed by atoms with van der Waals surface area (Å²) in [4.78, 5) is 21.8. The van der Waals surface area contributed by atoms with Crippen molar-refractivity contribution in [2.24, 2.45) is 5.73 Å². The Hall–Kier alpha value is -3.88. The van der Waals surface area contributed by atoms with E-state index in [4.69, 9.17) is 5.73 Å². The van der Waals surface area contributed by atoms with Crippen LogP contribution >= 0.6 is 0 Å². The molecule has 0 spiro atoms. The Bertz CT molecular complexity index is 1520. The van der Waals surface area contributed by atoms with Gasteiger partial charge in [-0.25, -0.2) is 14.8 Å². The molecule has 1 amide bonds. The van der Waals surface area contributed by atoms with Gasteiger partial charge in [-0.1, -0.05) is 20.3 Å². The summed E-state index contributed by atoms with van der Waals surface area (Å²) in [5.74, 6) is -1.19. The van der Waals surface area contributed by atoms with Gasteiger partial charge in [0.15, 0.2) is 0 Å². The highest BCUT2D eigenvalue weighted by Gasteiger charge is 2.47. The number of hydrogen-bond donors (Lipinski definition) is 2. The van der Waals surface area contributed by atoms with Crippen molar-refractivity contribution in [1.29, 1.82) is 0 Å². The molecule has 0 saturated carbocycles. The van der Waals surface area contributed by atoms with E-state index in [0.29, 0.717) is 30.5 Å². The van der Waals surface area contributed by atoms with Gasteiger partial charge in [0.1, 0.15) is 11.5 Å². The number of carbonyl (C=O) groups is 1. The van der Waals surface area contributed by atoms with Gasteiger partial charge in [0.05, 0.1) is 28.1 Å². The standard InChI is InChI=1S/C29H27F9N4O2/c1-3-5-16-14-40-24(41-22(16)10-15-8-18(28(33,34)35)11-19(9-15)29(36,37)38)21-13-26(39,4-2)42(25(43)44)23-7-6-17(12-20(21)23)27(30,31)32/h6-9,11-12,14,21H,3-5,10,13,39H2,1-2H3,(H,43,44)/t21-,26+/m0/s1. The van der Waals surface area contributed by atoms with Crippen LogP contribution in [0, 0.1) is 0 Å². The molecule has 4 rings (SSSR count). The third-order valence-electron chi connectivity index (χ3n) is 7.60. The van der Waals surface area contributed by atoms with Gasteiger partial charge in [0, 0.05) is 18.5 Å². The Kier molecular flexibility index (Phi) is 8.68. The highest BCUT2D eigenvalue weighted by atomic mass is 19.4. The normalized spacial score (nSPS) is 19.2. The lowest BCUT2D eigenvalue weighted by Gasteiger charge is -2.46. The van der Waals surface area contributed by atoms with Crippen LogP contribution in [0.25, 0.3) is 0 Å². The second-order valence-electron chi connectivity index (χ2n) is 10.6. The van der Waals surface area contributed by atoms with Crippen LogP contribution in [0.3, 0.4) is 0 Å². The van der Waals surface area contributed by atoms with Gasteiger partial charge in [-0.2, -0.15) is 39.5 Å². The highest BCUT2D eigenvalue weighted by molar-refractivity contribution is 5.90. The van der Waals surface area contributed by atoms with Crippen LogP contribution in [0.2, 0.25) is 0 Å². The third kappa shape index (κ3) is 6.61. The molecule has 3 N–H and O–H groups in total. The minimum Gasteiger partial charge on any atom is -0.465 e. The fourth-order valence-corrected chi connectivity index (χ4v) is 5.41. The molecule has 1 aliphatic heterocycles. The summed E-state index contributed by atoms with van der Waals surface area (Å²) in [5, 5.41) is 9.93. The lowest BCUT2D eigenvalue weighted by atomic mass is 9.80. The second-order valence-corrected chi connectivity index (χ2v) is 10.6. The number of amides is 1. The average Bonchev–Trinajstić information content (AvgIpc) is 2.91. The Balaban J connectivity index is 1.90. The van der Waals surface area contributed by atoms with Crippen molar-refractivity contribution >= 4 is 11.8 Å². The molecule has 2 atom stereocenters. The van der Waals surface area contributed by atoms with Crippen molar-refractivity contribution in [2.75, 3.05) is 4.90 Å². The zero-order valence-corrected chi connectivity index (χ0v) is 23.3. The molecule has 15 heteroatoms. The minimum absolute atomic E-state index is 0.0127. The van der Waals surface area contributed by atoms with Crippen molar-refractivity contribution in [1.82, 2.24) is 9.97 Å². The SMILES string of the molecule is CCCc1cnc([C@H]2C[C@@](N)(CC)N(C(=O)O)c3ccc(C(F)(F)F)cc32)nc1Cc1cc(C(F)(F)F)cc(C(F)(F)F)c1. The molecule has 0 fully saturated rings. The zero-order valence-electron chi connectivity index (χ0n) is 23.3. The van der Waals surface area contributed by atoms with Gasteiger partial charge < -0.3 is 10.8 Å². The largest absolute Gasteiger partial charge is 0.465 e.